The second kappa shape index (κ2) is 11.0. The number of nitrogens with one attached hydrogen (secondary N) is 2. The number of aliphatic imine (C=N–C) groups is 1. The Balaban J connectivity index is 1.52. The third-order valence-corrected chi connectivity index (χ3v) is 6.60. The number of hydrogen-bond acceptors (Lipinski definition) is 4. The van der Waals surface area contributed by atoms with Crippen molar-refractivity contribution in [3.63, 3.8) is 0 Å². The molecule has 0 bridgehead atoms. The van der Waals surface area contributed by atoms with Crippen LogP contribution in [0.25, 0.3) is 0 Å². The van der Waals surface area contributed by atoms with Crippen LogP contribution in [0.1, 0.15) is 43.2 Å². The molecule has 5 nitrogen and oxygen atoms in total. The van der Waals surface area contributed by atoms with Crippen molar-refractivity contribution >= 4 is 28.9 Å². The van der Waals surface area contributed by atoms with E-state index in [1.54, 1.807) is 0 Å². The van der Waals surface area contributed by atoms with Crippen molar-refractivity contribution in [2.75, 3.05) is 19.6 Å². The van der Waals surface area contributed by atoms with E-state index in [4.69, 9.17) is 11.6 Å². The Morgan fingerprint density at radius 3 is 2.76 bits per heavy atom. The first-order valence-electron chi connectivity index (χ1n) is 10.3. The van der Waals surface area contributed by atoms with E-state index in [0.29, 0.717) is 23.0 Å². The van der Waals surface area contributed by atoms with Gasteiger partial charge in [0.25, 0.3) is 0 Å². The van der Waals surface area contributed by atoms with Crippen LogP contribution in [0, 0.1) is 0 Å². The molecule has 3 N–H and O–H groups in total. The fourth-order valence-corrected chi connectivity index (χ4v) is 4.73. The predicted octanol–water partition coefficient (Wildman–Crippen LogP) is 4.04. The SMILES string of the molecule is CCNC(=NCC(O)c1ccc(Cl)s1)NC1CCN(Cc2ccccc2)C(C)C1. The summed E-state index contributed by atoms with van der Waals surface area (Å²) in [5.41, 5.74) is 1.36. The molecular weight excluding hydrogens is 404 g/mol. The molecule has 0 spiro atoms. The summed E-state index contributed by atoms with van der Waals surface area (Å²) < 4.78 is 0.685. The topological polar surface area (TPSA) is 59.9 Å². The predicted molar refractivity (Wildman–Crippen MR) is 123 cm³/mol. The number of thiophene rings is 1. The van der Waals surface area contributed by atoms with Crippen LogP contribution in [-0.2, 0) is 6.54 Å². The van der Waals surface area contributed by atoms with Gasteiger partial charge in [-0.05, 0) is 44.4 Å². The van der Waals surface area contributed by atoms with Crippen molar-refractivity contribution in [3.8, 4) is 0 Å². The van der Waals surface area contributed by atoms with Crippen LogP contribution in [0.3, 0.4) is 0 Å². The van der Waals surface area contributed by atoms with Crippen LogP contribution < -0.4 is 10.6 Å². The number of aliphatic hydroxyl groups is 1. The van der Waals surface area contributed by atoms with E-state index in [-0.39, 0.29) is 0 Å². The number of hydrogen-bond donors (Lipinski definition) is 3. The molecule has 0 aliphatic carbocycles. The number of benzene rings is 1. The highest BCUT2D eigenvalue weighted by molar-refractivity contribution is 7.16. The van der Waals surface area contributed by atoms with Gasteiger partial charge in [0.15, 0.2) is 5.96 Å². The number of nitrogens with zero attached hydrogens (tertiary/aromatic N) is 2. The number of guanidine groups is 1. The second-order valence-electron chi connectivity index (χ2n) is 7.55. The Morgan fingerprint density at radius 1 is 1.31 bits per heavy atom. The lowest BCUT2D eigenvalue weighted by molar-refractivity contribution is 0.134. The van der Waals surface area contributed by atoms with Gasteiger partial charge in [-0.15, -0.1) is 11.3 Å². The Morgan fingerprint density at radius 2 is 2.10 bits per heavy atom. The fraction of sp³-hybridized carbons (Fsp3) is 0.500. The fourth-order valence-electron chi connectivity index (χ4n) is 3.69. The maximum atomic E-state index is 10.4. The van der Waals surface area contributed by atoms with Gasteiger partial charge in [0.1, 0.15) is 6.10 Å². The average Bonchev–Trinajstić information content (AvgIpc) is 3.15. The molecular formula is C22H31ClN4OS. The van der Waals surface area contributed by atoms with Gasteiger partial charge in [-0.1, -0.05) is 41.9 Å². The molecule has 1 aliphatic rings. The lowest BCUT2D eigenvalue weighted by atomic mass is 9.97. The zero-order chi connectivity index (χ0) is 20.6. The van der Waals surface area contributed by atoms with Gasteiger partial charge in [0.2, 0.25) is 0 Å². The van der Waals surface area contributed by atoms with E-state index in [0.717, 1.165) is 43.3 Å². The molecule has 3 atom stereocenters. The molecule has 158 valence electrons. The second-order valence-corrected chi connectivity index (χ2v) is 9.29. The highest BCUT2D eigenvalue weighted by Crippen LogP contribution is 2.27. The van der Waals surface area contributed by atoms with Gasteiger partial charge in [0, 0.05) is 36.6 Å². The normalized spacial score (nSPS) is 21.7. The molecule has 1 saturated heterocycles. The molecule has 2 aromatic rings. The summed E-state index contributed by atoms with van der Waals surface area (Å²) in [4.78, 5) is 7.99. The number of rotatable bonds is 7. The van der Waals surface area contributed by atoms with E-state index in [1.165, 1.54) is 16.9 Å². The van der Waals surface area contributed by atoms with Crippen LogP contribution in [0.5, 0.6) is 0 Å². The van der Waals surface area contributed by atoms with Crippen LogP contribution in [0.15, 0.2) is 47.5 Å². The third kappa shape index (κ3) is 6.71. The van der Waals surface area contributed by atoms with Crippen LogP contribution in [-0.4, -0.2) is 47.7 Å². The number of halogens is 1. The molecule has 1 aromatic carbocycles. The maximum Gasteiger partial charge on any atom is 0.191 e. The molecule has 7 heteroatoms. The standard InChI is InChI=1S/C22H31ClN4OS/c1-3-24-22(25-14-19(28)20-9-10-21(23)29-20)26-18-11-12-27(16(2)13-18)15-17-7-5-4-6-8-17/h4-10,16,18-19,28H,3,11-15H2,1-2H3,(H2,24,25,26). The molecule has 0 saturated carbocycles. The lowest BCUT2D eigenvalue weighted by Crippen LogP contribution is -2.51. The maximum absolute atomic E-state index is 10.4. The van der Waals surface area contributed by atoms with Gasteiger partial charge in [0.05, 0.1) is 10.9 Å². The van der Waals surface area contributed by atoms with E-state index in [2.05, 4.69) is 64.7 Å². The number of piperidine rings is 1. The van der Waals surface area contributed by atoms with Gasteiger partial charge in [-0.2, -0.15) is 0 Å². The van der Waals surface area contributed by atoms with E-state index in [9.17, 15) is 5.11 Å². The zero-order valence-corrected chi connectivity index (χ0v) is 18.7. The summed E-state index contributed by atoms with van der Waals surface area (Å²) in [5.74, 6) is 0.767. The Hall–Kier alpha value is -1.60. The van der Waals surface area contributed by atoms with Crippen LogP contribution in [0.2, 0.25) is 4.34 Å². The Labute approximate surface area is 182 Å². The highest BCUT2D eigenvalue weighted by atomic mass is 35.5. The van der Waals surface area contributed by atoms with Crippen LogP contribution >= 0.6 is 22.9 Å². The van der Waals surface area contributed by atoms with E-state index in [1.807, 2.05) is 12.1 Å². The van der Waals surface area contributed by atoms with Gasteiger partial charge in [-0.3, -0.25) is 9.89 Å². The van der Waals surface area contributed by atoms with E-state index >= 15 is 0 Å². The average molecular weight is 435 g/mol. The summed E-state index contributed by atoms with van der Waals surface area (Å²) in [6.07, 6.45) is 1.51. The minimum absolute atomic E-state index is 0.314. The number of aliphatic hydroxyl groups excluding tert-OH is 1. The van der Waals surface area contributed by atoms with Gasteiger partial charge in [-0.25, -0.2) is 0 Å². The largest absolute Gasteiger partial charge is 0.386 e. The van der Waals surface area contributed by atoms with Crippen molar-refractivity contribution in [1.82, 2.24) is 15.5 Å². The molecule has 1 fully saturated rings. The summed E-state index contributed by atoms with van der Waals surface area (Å²) >= 11 is 7.36. The van der Waals surface area contributed by atoms with Crippen molar-refractivity contribution in [1.29, 1.82) is 0 Å². The summed E-state index contributed by atoms with van der Waals surface area (Å²) in [6, 6.07) is 15.2. The van der Waals surface area contributed by atoms with Crippen molar-refractivity contribution in [2.45, 2.75) is 51.4 Å². The molecule has 1 aliphatic heterocycles. The molecule has 29 heavy (non-hydrogen) atoms. The van der Waals surface area contributed by atoms with Crippen molar-refractivity contribution in [3.05, 3.63) is 57.2 Å². The highest BCUT2D eigenvalue weighted by Gasteiger charge is 2.26. The quantitative estimate of drug-likeness (QED) is 0.454. The monoisotopic (exact) mass is 434 g/mol. The molecule has 3 rings (SSSR count). The lowest BCUT2D eigenvalue weighted by Gasteiger charge is -2.38. The smallest absolute Gasteiger partial charge is 0.191 e. The zero-order valence-electron chi connectivity index (χ0n) is 17.1. The minimum atomic E-state index is -0.630. The first kappa shape index (κ1) is 22.1. The molecule has 3 unspecified atom stereocenters. The van der Waals surface area contributed by atoms with Crippen LogP contribution in [0.4, 0.5) is 0 Å². The van der Waals surface area contributed by atoms with Gasteiger partial charge < -0.3 is 15.7 Å². The number of likely N-dealkylation sites (tertiary alicyclic amines) is 1. The Bertz CT molecular complexity index is 782. The summed E-state index contributed by atoms with van der Waals surface area (Å²) in [7, 11) is 0. The van der Waals surface area contributed by atoms with Crippen molar-refractivity contribution < 1.29 is 5.11 Å². The summed E-state index contributed by atoms with van der Waals surface area (Å²) in [6.45, 7) is 7.51. The molecule has 2 heterocycles. The third-order valence-electron chi connectivity index (χ3n) is 5.27. The summed E-state index contributed by atoms with van der Waals surface area (Å²) in [5, 5.41) is 17.2. The van der Waals surface area contributed by atoms with Gasteiger partial charge >= 0.3 is 0 Å². The first-order valence-corrected chi connectivity index (χ1v) is 11.5. The minimum Gasteiger partial charge on any atom is -0.386 e. The molecule has 0 radical (unpaired) electrons. The molecule has 1 aromatic heterocycles. The first-order chi connectivity index (χ1) is 14.0. The molecule has 0 amide bonds. The van der Waals surface area contributed by atoms with Crippen molar-refractivity contribution in [2.24, 2.45) is 4.99 Å². The van der Waals surface area contributed by atoms with E-state index < -0.39 is 6.10 Å². The Kier molecular flexibility index (Phi) is 8.36.